The van der Waals surface area contributed by atoms with Crippen molar-refractivity contribution in [3.63, 3.8) is 0 Å². The molecule has 29 heavy (non-hydrogen) atoms. The van der Waals surface area contributed by atoms with Crippen LogP contribution in [0.5, 0.6) is 5.75 Å². The highest BCUT2D eigenvalue weighted by atomic mass is 35.5. The van der Waals surface area contributed by atoms with Gasteiger partial charge in [-0.05, 0) is 29.8 Å². The van der Waals surface area contributed by atoms with Crippen LogP contribution in [0.1, 0.15) is 31.2 Å². The largest absolute Gasteiger partial charge is 0.507 e. The molecule has 1 aromatic heterocycles. The highest BCUT2D eigenvalue weighted by molar-refractivity contribution is 7.11. The zero-order valence-electron chi connectivity index (χ0n) is 14.7. The Balaban J connectivity index is 1.76. The van der Waals surface area contributed by atoms with Gasteiger partial charge in [0.15, 0.2) is 0 Å². The second-order valence-corrected chi connectivity index (χ2v) is 7.18. The van der Waals surface area contributed by atoms with Gasteiger partial charge in [-0.1, -0.05) is 47.2 Å². The van der Waals surface area contributed by atoms with Gasteiger partial charge in [0.2, 0.25) is 0 Å². The van der Waals surface area contributed by atoms with E-state index < -0.39 is 11.9 Å². The SMILES string of the molecule is O=C(O)c1cccc(Cn2c(Cl)c(/C=N/NC(=O)c3ccccc3O)sc2=O)c1. The van der Waals surface area contributed by atoms with Crippen LogP contribution in [-0.2, 0) is 6.54 Å². The van der Waals surface area contributed by atoms with Crippen molar-refractivity contribution in [1.29, 1.82) is 0 Å². The van der Waals surface area contributed by atoms with E-state index in [1.807, 2.05) is 0 Å². The minimum atomic E-state index is -1.07. The topological polar surface area (TPSA) is 121 Å². The molecule has 3 rings (SSSR count). The number of nitrogens with zero attached hydrogens (tertiary/aromatic N) is 2. The predicted octanol–water partition coefficient (Wildman–Crippen LogP) is 2.78. The first-order valence-electron chi connectivity index (χ1n) is 8.19. The van der Waals surface area contributed by atoms with Gasteiger partial charge >= 0.3 is 10.8 Å². The Bertz CT molecular complexity index is 1170. The van der Waals surface area contributed by atoms with Crippen LogP contribution >= 0.6 is 22.9 Å². The van der Waals surface area contributed by atoms with Crippen molar-refractivity contribution in [3.8, 4) is 5.75 Å². The lowest BCUT2D eigenvalue weighted by molar-refractivity contribution is 0.0696. The highest BCUT2D eigenvalue weighted by Gasteiger charge is 2.14. The number of halogens is 1. The number of phenols is 1. The number of aromatic carboxylic acids is 1. The number of para-hydroxylation sites is 1. The van der Waals surface area contributed by atoms with Crippen molar-refractivity contribution in [3.05, 3.63) is 84.9 Å². The quantitative estimate of drug-likeness (QED) is 0.409. The molecule has 0 radical (unpaired) electrons. The van der Waals surface area contributed by atoms with E-state index in [-0.39, 0.29) is 33.4 Å². The Morgan fingerprint density at radius 1 is 1.21 bits per heavy atom. The molecule has 148 valence electrons. The number of carboxylic acids is 1. The molecule has 0 saturated heterocycles. The van der Waals surface area contributed by atoms with Crippen molar-refractivity contribution >= 4 is 41.0 Å². The smallest absolute Gasteiger partial charge is 0.335 e. The molecule has 1 heterocycles. The normalized spacial score (nSPS) is 10.9. The molecule has 0 fully saturated rings. The fourth-order valence-corrected chi connectivity index (χ4v) is 3.58. The van der Waals surface area contributed by atoms with Crippen molar-refractivity contribution in [2.45, 2.75) is 6.54 Å². The molecule has 0 spiro atoms. The van der Waals surface area contributed by atoms with E-state index in [4.69, 9.17) is 16.7 Å². The molecule has 1 amide bonds. The summed E-state index contributed by atoms with van der Waals surface area (Å²) in [4.78, 5) is 35.3. The van der Waals surface area contributed by atoms with E-state index >= 15 is 0 Å². The fraction of sp³-hybridized carbons (Fsp3) is 0.0526. The molecule has 8 nitrogen and oxygen atoms in total. The zero-order chi connectivity index (χ0) is 21.0. The van der Waals surface area contributed by atoms with Gasteiger partial charge in [-0.25, -0.2) is 10.2 Å². The maximum Gasteiger partial charge on any atom is 0.335 e. The number of rotatable bonds is 6. The van der Waals surface area contributed by atoms with Crippen LogP contribution in [-0.4, -0.2) is 32.9 Å². The summed E-state index contributed by atoms with van der Waals surface area (Å²) in [5.74, 6) is -1.87. The van der Waals surface area contributed by atoms with Gasteiger partial charge in [-0.2, -0.15) is 5.10 Å². The summed E-state index contributed by atoms with van der Waals surface area (Å²) < 4.78 is 1.28. The maximum absolute atomic E-state index is 12.2. The van der Waals surface area contributed by atoms with E-state index in [0.717, 1.165) is 11.3 Å². The molecular weight excluding hydrogens is 418 g/mol. The minimum Gasteiger partial charge on any atom is -0.507 e. The first-order valence-corrected chi connectivity index (χ1v) is 9.39. The third kappa shape index (κ3) is 4.71. The van der Waals surface area contributed by atoms with Gasteiger partial charge in [0, 0.05) is 0 Å². The summed E-state index contributed by atoms with van der Waals surface area (Å²) in [5.41, 5.74) is 3.02. The monoisotopic (exact) mass is 431 g/mol. The second kappa shape index (κ2) is 8.72. The summed E-state index contributed by atoms with van der Waals surface area (Å²) in [5, 5.41) is 22.6. The second-order valence-electron chi connectivity index (χ2n) is 5.83. The third-order valence-electron chi connectivity index (χ3n) is 3.87. The van der Waals surface area contributed by atoms with Gasteiger partial charge < -0.3 is 10.2 Å². The van der Waals surface area contributed by atoms with E-state index in [0.29, 0.717) is 10.4 Å². The van der Waals surface area contributed by atoms with Crippen molar-refractivity contribution in [2.24, 2.45) is 5.10 Å². The standard InChI is InChI=1S/C19H14ClN3O5S/c20-16-15(9-21-22-17(25)13-6-1-2-7-14(13)24)29-19(28)23(16)10-11-4-3-5-12(8-11)18(26)27/h1-9,24H,10H2,(H,22,25)(H,26,27)/b21-9+. The Hall–Kier alpha value is -3.43. The van der Waals surface area contributed by atoms with Gasteiger partial charge in [0.05, 0.1) is 28.8 Å². The number of hydrogen-bond donors (Lipinski definition) is 3. The number of carbonyl (C=O) groups excluding carboxylic acids is 1. The van der Waals surface area contributed by atoms with E-state index in [2.05, 4.69) is 10.5 Å². The molecule has 0 aliphatic heterocycles. The summed E-state index contributed by atoms with van der Waals surface area (Å²) in [7, 11) is 0. The lowest BCUT2D eigenvalue weighted by atomic mass is 10.1. The van der Waals surface area contributed by atoms with Gasteiger partial charge in [-0.3, -0.25) is 14.2 Å². The zero-order valence-corrected chi connectivity index (χ0v) is 16.3. The Morgan fingerprint density at radius 3 is 2.69 bits per heavy atom. The maximum atomic E-state index is 12.2. The van der Waals surface area contributed by atoms with Crippen LogP contribution in [0, 0.1) is 0 Å². The number of carboxylic acid groups (broad SMARTS) is 1. The molecule has 0 aliphatic carbocycles. The number of benzene rings is 2. The number of phenolic OH excluding ortho intramolecular Hbond substituents is 1. The molecular formula is C19H14ClN3O5S. The van der Waals surface area contributed by atoms with Crippen LogP contribution in [0.15, 0.2) is 58.4 Å². The molecule has 0 bridgehead atoms. The highest BCUT2D eigenvalue weighted by Crippen LogP contribution is 2.19. The summed E-state index contributed by atoms with van der Waals surface area (Å²) in [6.45, 7) is 0.0906. The van der Waals surface area contributed by atoms with Crippen LogP contribution < -0.4 is 10.3 Å². The number of carbonyl (C=O) groups is 2. The first kappa shape index (κ1) is 20.3. The van der Waals surface area contributed by atoms with E-state index in [1.54, 1.807) is 24.3 Å². The lowest BCUT2D eigenvalue weighted by Crippen LogP contribution is -2.17. The van der Waals surface area contributed by atoms with Gasteiger partial charge in [0.1, 0.15) is 10.9 Å². The van der Waals surface area contributed by atoms with Crippen LogP contribution in [0.4, 0.5) is 0 Å². The predicted molar refractivity (Wildman–Crippen MR) is 109 cm³/mol. The third-order valence-corrected chi connectivity index (χ3v) is 5.30. The number of aromatic nitrogens is 1. The first-order chi connectivity index (χ1) is 13.9. The molecule has 0 saturated carbocycles. The Morgan fingerprint density at radius 2 is 1.97 bits per heavy atom. The number of amides is 1. The Kier molecular flexibility index (Phi) is 6.10. The average molecular weight is 432 g/mol. The summed E-state index contributed by atoms with van der Waals surface area (Å²) in [6, 6.07) is 12.2. The summed E-state index contributed by atoms with van der Waals surface area (Å²) >= 11 is 7.08. The van der Waals surface area contributed by atoms with Gasteiger partial charge in [-0.15, -0.1) is 0 Å². The van der Waals surface area contributed by atoms with Crippen LogP contribution in [0.25, 0.3) is 0 Å². The molecule has 3 N–H and O–H groups in total. The van der Waals surface area contributed by atoms with Gasteiger partial charge in [0.25, 0.3) is 5.91 Å². The lowest BCUT2D eigenvalue weighted by Gasteiger charge is -2.05. The number of thiazole rings is 1. The van der Waals surface area contributed by atoms with Crippen molar-refractivity contribution < 1.29 is 19.8 Å². The minimum absolute atomic E-state index is 0.0554. The number of hydrogen-bond acceptors (Lipinski definition) is 6. The molecule has 2 aromatic carbocycles. The van der Waals surface area contributed by atoms with Crippen LogP contribution in [0.3, 0.4) is 0 Å². The van der Waals surface area contributed by atoms with E-state index in [9.17, 15) is 19.5 Å². The molecule has 10 heteroatoms. The molecule has 0 aliphatic rings. The Labute approximate surface area is 173 Å². The number of aromatic hydroxyl groups is 1. The average Bonchev–Trinajstić information content (AvgIpc) is 2.96. The fourth-order valence-electron chi connectivity index (χ4n) is 2.48. The van der Waals surface area contributed by atoms with Crippen molar-refractivity contribution in [2.75, 3.05) is 0 Å². The molecule has 0 unspecified atom stereocenters. The van der Waals surface area contributed by atoms with E-state index in [1.165, 1.54) is 35.0 Å². The molecule has 0 atom stereocenters. The number of nitrogens with one attached hydrogen (secondary N) is 1. The van der Waals surface area contributed by atoms with Crippen molar-refractivity contribution in [1.82, 2.24) is 9.99 Å². The molecule has 3 aromatic rings. The number of hydrazone groups is 1. The summed E-state index contributed by atoms with van der Waals surface area (Å²) in [6.07, 6.45) is 1.23. The van der Waals surface area contributed by atoms with Crippen LogP contribution in [0.2, 0.25) is 5.15 Å².